The number of carboxylic acid groups (broad SMARTS) is 1. The van der Waals surface area contributed by atoms with Crippen molar-refractivity contribution < 1.29 is 9.90 Å². The Morgan fingerprint density at radius 2 is 2.00 bits per heavy atom. The van der Waals surface area contributed by atoms with Crippen molar-refractivity contribution in [3.63, 3.8) is 0 Å². The van der Waals surface area contributed by atoms with E-state index < -0.39 is 11.5 Å². The molecule has 24 heavy (non-hydrogen) atoms. The number of hydrogen-bond donors (Lipinski definition) is 3. The van der Waals surface area contributed by atoms with E-state index in [1.54, 1.807) is 0 Å². The Kier molecular flexibility index (Phi) is 5.07. The largest absolute Gasteiger partial charge is 0.480 e. The van der Waals surface area contributed by atoms with Crippen LogP contribution in [0.1, 0.15) is 51.0 Å². The highest BCUT2D eigenvalue weighted by Gasteiger charge is 2.43. The summed E-state index contributed by atoms with van der Waals surface area (Å²) in [6.07, 6.45) is 7.44. The highest BCUT2D eigenvalue weighted by atomic mass is 16.4. The summed E-state index contributed by atoms with van der Waals surface area (Å²) in [5, 5.41) is 12.9. The third-order valence-electron chi connectivity index (χ3n) is 5.58. The third-order valence-corrected chi connectivity index (χ3v) is 5.58. The van der Waals surface area contributed by atoms with Gasteiger partial charge in [0, 0.05) is 12.1 Å². The molecular weight excluding hydrogens is 300 g/mol. The molecule has 0 aromatic heterocycles. The average molecular weight is 328 g/mol. The Labute approximate surface area is 144 Å². The van der Waals surface area contributed by atoms with Gasteiger partial charge in [-0.05, 0) is 50.0 Å². The Balaban J connectivity index is 1.53. The van der Waals surface area contributed by atoms with Crippen LogP contribution in [0.25, 0.3) is 6.08 Å². The second-order valence-electron chi connectivity index (χ2n) is 7.33. The van der Waals surface area contributed by atoms with Gasteiger partial charge in [-0.1, -0.05) is 48.9 Å². The molecule has 0 amide bonds. The van der Waals surface area contributed by atoms with Crippen molar-refractivity contribution in [1.29, 1.82) is 0 Å². The number of rotatable bonds is 6. The van der Waals surface area contributed by atoms with Gasteiger partial charge in [-0.3, -0.25) is 4.79 Å². The van der Waals surface area contributed by atoms with Gasteiger partial charge in [-0.25, -0.2) is 0 Å². The summed E-state index contributed by atoms with van der Waals surface area (Å²) in [5.41, 5.74) is 7.72. The van der Waals surface area contributed by atoms with E-state index in [-0.39, 0.29) is 0 Å². The Morgan fingerprint density at radius 1 is 1.33 bits per heavy atom. The molecule has 1 aromatic rings. The number of aliphatic carboxylic acids is 1. The molecule has 2 atom stereocenters. The van der Waals surface area contributed by atoms with Crippen molar-refractivity contribution in [1.82, 2.24) is 5.32 Å². The summed E-state index contributed by atoms with van der Waals surface area (Å²) in [6.45, 7) is 2.22. The standard InChI is InChI=1S/C20H28N2O2/c1-2-15(12-14-6-4-3-5-7-14)17-13-18(17)22-16-8-10-20(21,11-9-16)19(23)24/h3-7,12,16-18,22H,2,8-11,13,21H2,1H3,(H,23,24)/t16?,17-,18+,20?/m0/s1. The Hall–Kier alpha value is -1.65. The van der Waals surface area contributed by atoms with Gasteiger partial charge in [0.15, 0.2) is 0 Å². The summed E-state index contributed by atoms with van der Waals surface area (Å²) in [5.74, 6) is -0.233. The zero-order valence-corrected chi connectivity index (χ0v) is 14.4. The molecule has 4 nitrogen and oxygen atoms in total. The van der Waals surface area contributed by atoms with Crippen molar-refractivity contribution in [2.75, 3.05) is 0 Å². The molecule has 0 bridgehead atoms. The molecule has 2 aliphatic carbocycles. The van der Waals surface area contributed by atoms with Crippen LogP contribution < -0.4 is 11.1 Å². The lowest BCUT2D eigenvalue weighted by atomic mass is 9.80. The van der Waals surface area contributed by atoms with Crippen LogP contribution >= 0.6 is 0 Å². The quantitative estimate of drug-likeness (QED) is 0.750. The summed E-state index contributed by atoms with van der Waals surface area (Å²) in [4.78, 5) is 11.2. The van der Waals surface area contributed by atoms with E-state index in [1.165, 1.54) is 17.6 Å². The summed E-state index contributed by atoms with van der Waals surface area (Å²) < 4.78 is 0. The average Bonchev–Trinajstić information content (AvgIpc) is 3.34. The highest BCUT2D eigenvalue weighted by Crippen LogP contribution is 2.41. The highest BCUT2D eigenvalue weighted by molar-refractivity contribution is 5.78. The molecule has 0 spiro atoms. The van der Waals surface area contributed by atoms with Crippen LogP contribution in [0.15, 0.2) is 35.9 Å². The van der Waals surface area contributed by atoms with Gasteiger partial charge in [0.2, 0.25) is 0 Å². The molecule has 3 rings (SSSR count). The predicted octanol–water partition coefficient (Wildman–Crippen LogP) is 3.18. The van der Waals surface area contributed by atoms with Gasteiger partial charge in [-0.2, -0.15) is 0 Å². The first-order valence-corrected chi connectivity index (χ1v) is 9.05. The number of nitrogens with one attached hydrogen (secondary N) is 1. The molecule has 0 unspecified atom stereocenters. The molecule has 4 N–H and O–H groups in total. The van der Waals surface area contributed by atoms with Gasteiger partial charge in [0.05, 0.1) is 0 Å². The lowest BCUT2D eigenvalue weighted by molar-refractivity contribution is -0.144. The normalized spacial score (nSPS) is 33.2. The van der Waals surface area contributed by atoms with Gasteiger partial charge in [-0.15, -0.1) is 0 Å². The summed E-state index contributed by atoms with van der Waals surface area (Å²) in [7, 11) is 0. The van der Waals surface area contributed by atoms with Crippen LogP contribution in [0.4, 0.5) is 0 Å². The minimum atomic E-state index is -1.01. The lowest BCUT2D eigenvalue weighted by Crippen LogP contribution is -2.53. The molecule has 0 radical (unpaired) electrons. The van der Waals surface area contributed by atoms with Crippen LogP contribution in [0.3, 0.4) is 0 Å². The maximum absolute atomic E-state index is 11.2. The molecule has 1 aromatic carbocycles. The zero-order chi connectivity index (χ0) is 17.2. The van der Waals surface area contributed by atoms with E-state index in [9.17, 15) is 9.90 Å². The number of hydrogen-bond acceptors (Lipinski definition) is 3. The molecule has 2 saturated carbocycles. The second kappa shape index (κ2) is 7.08. The van der Waals surface area contributed by atoms with Gasteiger partial charge in [0.1, 0.15) is 5.54 Å². The zero-order valence-electron chi connectivity index (χ0n) is 14.4. The molecular formula is C20H28N2O2. The van der Waals surface area contributed by atoms with E-state index in [0.717, 1.165) is 19.3 Å². The Bertz CT molecular complexity index is 603. The van der Waals surface area contributed by atoms with Gasteiger partial charge < -0.3 is 16.2 Å². The molecule has 2 fully saturated rings. The predicted molar refractivity (Wildman–Crippen MR) is 96.6 cm³/mol. The van der Waals surface area contributed by atoms with Crippen molar-refractivity contribution in [2.24, 2.45) is 11.7 Å². The van der Waals surface area contributed by atoms with E-state index in [4.69, 9.17) is 5.73 Å². The van der Waals surface area contributed by atoms with E-state index in [1.807, 2.05) is 6.07 Å². The lowest BCUT2D eigenvalue weighted by Gasteiger charge is -2.34. The Morgan fingerprint density at radius 3 is 2.58 bits per heavy atom. The van der Waals surface area contributed by atoms with Crippen molar-refractivity contribution in [2.45, 2.75) is 63.1 Å². The van der Waals surface area contributed by atoms with E-state index in [2.05, 4.69) is 42.6 Å². The minimum Gasteiger partial charge on any atom is -0.480 e. The van der Waals surface area contributed by atoms with Gasteiger partial charge in [0.25, 0.3) is 0 Å². The first-order chi connectivity index (χ1) is 11.5. The fraction of sp³-hybridized carbons (Fsp3) is 0.550. The van der Waals surface area contributed by atoms with Crippen LogP contribution in [0.2, 0.25) is 0 Å². The number of carboxylic acids is 1. The van der Waals surface area contributed by atoms with E-state index >= 15 is 0 Å². The molecule has 4 heteroatoms. The van der Waals surface area contributed by atoms with Crippen LogP contribution in [-0.2, 0) is 4.79 Å². The van der Waals surface area contributed by atoms with Gasteiger partial charge >= 0.3 is 5.97 Å². The maximum Gasteiger partial charge on any atom is 0.323 e. The SMILES string of the molecule is CCC(=Cc1ccccc1)[C@@H]1C[C@H]1NC1CCC(N)(C(=O)O)CC1. The maximum atomic E-state index is 11.2. The minimum absolute atomic E-state index is 0.408. The molecule has 0 heterocycles. The van der Waals surface area contributed by atoms with Crippen molar-refractivity contribution in [3.8, 4) is 0 Å². The molecule has 0 aliphatic heterocycles. The smallest absolute Gasteiger partial charge is 0.323 e. The second-order valence-corrected chi connectivity index (χ2v) is 7.33. The summed E-state index contributed by atoms with van der Waals surface area (Å²) in [6, 6.07) is 11.4. The fourth-order valence-electron chi connectivity index (χ4n) is 3.84. The topological polar surface area (TPSA) is 75.3 Å². The molecule has 2 aliphatic rings. The third kappa shape index (κ3) is 3.87. The number of carbonyl (C=O) groups is 1. The van der Waals surface area contributed by atoms with Crippen molar-refractivity contribution >= 4 is 12.0 Å². The fourth-order valence-corrected chi connectivity index (χ4v) is 3.84. The molecule has 0 saturated heterocycles. The molecule has 130 valence electrons. The van der Waals surface area contributed by atoms with Crippen LogP contribution in [0, 0.1) is 5.92 Å². The van der Waals surface area contributed by atoms with E-state index in [0.29, 0.717) is 30.8 Å². The number of benzene rings is 1. The summed E-state index contributed by atoms with van der Waals surface area (Å²) >= 11 is 0. The van der Waals surface area contributed by atoms with Crippen LogP contribution in [0.5, 0.6) is 0 Å². The monoisotopic (exact) mass is 328 g/mol. The number of nitrogens with two attached hydrogens (primary N) is 1. The van der Waals surface area contributed by atoms with Crippen molar-refractivity contribution in [3.05, 3.63) is 41.5 Å². The first kappa shape index (κ1) is 17.2. The first-order valence-electron chi connectivity index (χ1n) is 9.05. The van der Waals surface area contributed by atoms with Crippen LogP contribution in [-0.4, -0.2) is 28.7 Å².